The number of hydrogen-bond donors (Lipinski definition) is 1. The molecule has 14 heavy (non-hydrogen) atoms. The van der Waals surface area contributed by atoms with Crippen molar-refractivity contribution in [1.29, 1.82) is 0 Å². The van der Waals surface area contributed by atoms with E-state index in [9.17, 15) is 0 Å². The molecular formula is C12H27NO. The first kappa shape index (κ1) is 13.9. The van der Waals surface area contributed by atoms with E-state index >= 15 is 0 Å². The third kappa shape index (κ3) is 10.0. The zero-order valence-electron chi connectivity index (χ0n) is 10.1. The fourth-order valence-corrected chi connectivity index (χ4v) is 1.45. The van der Waals surface area contributed by atoms with Crippen molar-refractivity contribution in [1.82, 2.24) is 5.32 Å². The van der Waals surface area contributed by atoms with Gasteiger partial charge in [-0.1, -0.05) is 33.1 Å². The van der Waals surface area contributed by atoms with E-state index < -0.39 is 0 Å². The summed E-state index contributed by atoms with van der Waals surface area (Å²) in [5.41, 5.74) is 0. The molecule has 2 nitrogen and oxygen atoms in total. The molecule has 86 valence electrons. The Balaban J connectivity index is 2.98. The summed E-state index contributed by atoms with van der Waals surface area (Å²) in [7, 11) is 0. The van der Waals surface area contributed by atoms with Crippen LogP contribution in [0.5, 0.6) is 0 Å². The fraction of sp³-hybridized carbons (Fsp3) is 1.00. The van der Waals surface area contributed by atoms with Gasteiger partial charge in [0.1, 0.15) is 0 Å². The van der Waals surface area contributed by atoms with Gasteiger partial charge in [-0.3, -0.25) is 0 Å². The van der Waals surface area contributed by atoms with Crippen molar-refractivity contribution in [2.24, 2.45) is 0 Å². The quantitative estimate of drug-likeness (QED) is 0.549. The third-order valence-corrected chi connectivity index (χ3v) is 2.33. The van der Waals surface area contributed by atoms with Gasteiger partial charge in [0.25, 0.3) is 0 Å². The summed E-state index contributed by atoms with van der Waals surface area (Å²) < 4.78 is 5.63. The Kier molecular flexibility index (Phi) is 10.9. The minimum absolute atomic E-state index is 0.428. The molecule has 0 aliphatic rings. The fourth-order valence-electron chi connectivity index (χ4n) is 1.45. The summed E-state index contributed by atoms with van der Waals surface area (Å²) in [5, 5.41) is 3.39. The Morgan fingerprint density at radius 1 is 1.07 bits per heavy atom. The lowest BCUT2D eigenvalue weighted by atomic mass is 10.2. The van der Waals surface area contributed by atoms with Gasteiger partial charge in [-0.05, 0) is 26.3 Å². The Morgan fingerprint density at radius 3 is 2.50 bits per heavy atom. The molecule has 0 aliphatic heterocycles. The Labute approximate surface area is 89.4 Å². The normalized spacial score (nSPS) is 13.1. The Bertz CT molecular complexity index is 106. The van der Waals surface area contributed by atoms with Crippen LogP contribution in [0.2, 0.25) is 0 Å². The molecule has 1 atom stereocenters. The molecule has 0 bridgehead atoms. The lowest BCUT2D eigenvalue weighted by molar-refractivity contribution is 0.0618. The summed E-state index contributed by atoms with van der Waals surface area (Å²) in [6, 6.07) is 0. The second-order valence-electron chi connectivity index (χ2n) is 3.93. The van der Waals surface area contributed by atoms with Crippen molar-refractivity contribution in [3.05, 3.63) is 0 Å². The molecule has 0 rings (SSSR count). The van der Waals surface area contributed by atoms with Crippen molar-refractivity contribution < 1.29 is 4.74 Å². The molecule has 0 aromatic rings. The van der Waals surface area contributed by atoms with Gasteiger partial charge in [-0.15, -0.1) is 0 Å². The van der Waals surface area contributed by atoms with E-state index in [1.807, 2.05) is 0 Å². The Morgan fingerprint density at radius 2 is 1.86 bits per heavy atom. The molecule has 0 amide bonds. The predicted octanol–water partition coefficient (Wildman–Crippen LogP) is 2.97. The van der Waals surface area contributed by atoms with Gasteiger partial charge in [0.2, 0.25) is 0 Å². The van der Waals surface area contributed by atoms with Gasteiger partial charge in [0.15, 0.2) is 0 Å². The Hall–Kier alpha value is -0.0800. The highest BCUT2D eigenvalue weighted by molar-refractivity contribution is 4.51. The SMILES string of the molecule is CCCCCNCCOC(C)CCC. The van der Waals surface area contributed by atoms with Gasteiger partial charge in [-0.25, -0.2) is 0 Å². The van der Waals surface area contributed by atoms with Crippen molar-refractivity contribution in [2.75, 3.05) is 19.7 Å². The first-order valence-electron chi connectivity index (χ1n) is 6.13. The van der Waals surface area contributed by atoms with E-state index in [2.05, 4.69) is 26.1 Å². The topological polar surface area (TPSA) is 21.3 Å². The maximum atomic E-state index is 5.63. The molecule has 0 aromatic carbocycles. The average molecular weight is 201 g/mol. The molecule has 0 aliphatic carbocycles. The highest BCUT2D eigenvalue weighted by Crippen LogP contribution is 1.99. The third-order valence-electron chi connectivity index (χ3n) is 2.33. The number of hydrogen-bond acceptors (Lipinski definition) is 2. The highest BCUT2D eigenvalue weighted by Gasteiger charge is 1.98. The molecule has 0 saturated carbocycles. The van der Waals surface area contributed by atoms with Gasteiger partial charge in [0, 0.05) is 6.54 Å². The van der Waals surface area contributed by atoms with Crippen LogP contribution in [0.25, 0.3) is 0 Å². The minimum Gasteiger partial charge on any atom is -0.377 e. The van der Waals surface area contributed by atoms with Crippen molar-refractivity contribution in [3.63, 3.8) is 0 Å². The van der Waals surface area contributed by atoms with Crippen molar-refractivity contribution >= 4 is 0 Å². The second-order valence-corrected chi connectivity index (χ2v) is 3.93. The smallest absolute Gasteiger partial charge is 0.0594 e. The number of ether oxygens (including phenoxy) is 1. The summed E-state index contributed by atoms with van der Waals surface area (Å²) >= 11 is 0. The second kappa shape index (κ2) is 11.0. The number of unbranched alkanes of at least 4 members (excludes halogenated alkanes) is 2. The van der Waals surface area contributed by atoms with Crippen LogP contribution in [0.15, 0.2) is 0 Å². The number of nitrogens with one attached hydrogen (secondary N) is 1. The largest absolute Gasteiger partial charge is 0.377 e. The minimum atomic E-state index is 0.428. The first-order valence-corrected chi connectivity index (χ1v) is 6.13. The zero-order valence-corrected chi connectivity index (χ0v) is 10.1. The van der Waals surface area contributed by atoms with E-state index in [0.717, 1.165) is 19.7 Å². The molecule has 1 N–H and O–H groups in total. The van der Waals surface area contributed by atoms with Crippen molar-refractivity contribution in [3.8, 4) is 0 Å². The van der Waals surface area contributed by atoms with E-state index in [4.69, 9.17) is 4.74 Å². The van der Waals surface area contributed by atoms with Crippen LogP contribution < -0.4 is 5.32 Å². The van der Waals surface area contributed by atoms with Crippen LogP contribution in [0.3, 0.4) is 0 Å². The van der Waals surface area contributed by atoms with E-state index in [0.29, 0.717) is 6.10 Å². The zero-order chi connectivity index (χ0) is 10.6. The first-order chi connectivity index (χ1) is 6.81. The van der Waals surface area contributed by atoms with E-state index in [1.54, 1.807) is 0 Å². The maximum absolute atomic E-state index is 5.63. The lowest BCUT2D eigenvalue weighted by Crippen LogP contribution is -2.23. The van der Waals surface area contributed by atoms with Crippen LogP contribution in [0.1, 0.15) is 52.9 Å². The molecule has 1 unspecified atom stereocenters. The molecule has 0 heterocycles. The van der Waals surface area contributed by atoms with Crippen LogP contribution in [-0.2, 0) is 4.74 Å². The predicted molar refractivity (Wildman–Crippen MR) is 62.7 cm³/mol. The van der Waals surface area contributed by atoms with Gasteiger partial charge in [0.05, 0.1) is 12.7 Å². The van der Waals surface area contributed by atoms with Crippen LogP contribution >= 0.6 is 0 Å². The van der Waals surface area contributed by atoms with E-state index in [-0.39, 0.29) is 0 Å². The maximum Gasteiger partial charge on any atom is 0.0594 e. The van der Waals surface area contributed by atoms with Crippen molar-refractivity contribution in [2.45, 2.75) is 59.0 Å². The van der Waals surface area contributed by atoms with Crippen LogP contribution in [0, 0.1) is 0 Å². The molecule has 2 heteroatoms. The van der Waals surface area contributed by atoms with Crippen LogP contribution in [0.4, 0.5) is 0 Å². The molecule has 0 aromatic heterocycles. The molecule has 0 spiro atoms. The molecule has 0 saturated heterocycles. The average Bonchev–Trinajstić information content (AvgIpc) is 2.17. The summed E-state index contributed by atoms with van der Waals surface area (Å²) in [4.78, 5) is 0. The van der Waals surface area contributed by atoms with Crippen LogP contribution in [-0.4, -0.2) is 25.8 Å². The van der Waals surface area contributed by atoms with Gasteiger partial charge < -0.3 is 10.1 Å². The highest BCUT2D eigenvalue weighted by atomic mass is 16.5. The van der Waals surface area contributed by atoms with E-state index in [1.165, 1.54) is 32.1 Å². The summed E-state index contributed by atoms with van der Waals surface area (Å²) in [6.07, 6.45) is 6.74. The molecular weight excluding hydrogens is 174 g/mol. The van der Waals surface area contributed by atoms with Gasteiger partial charge in [-0.2, -0.15) is 0 Å². The lowest BCUT2D eigenvalue weighted by Gasteiger charge is -2.12. The molecule has 0 radical (unpaired) electrons. The summed E-state index contributed by atoms with van der Waals surface area (Å²) in [6.45, 7) is 9.57. The standard InChI is InChI=1S/C12H27NO/c1-4-6-7-9-13-10-11-14-12(3)8-5-2/h12-13H,4-11H2,1-3H3. The molecule has 0 fully saturated rings. The number of rotatable bonds is 10. The summed E-state index contributed by atoms with van der Waals surface area (Å²) in [5.74, 6) is 0. The van der Waals surface area contributed by atoms with Gasteiger partial charge >= 0.3 is 0 Å². The monoisotopic (exact) mass is 201 g/mol.